The molecule has 7 nitrogen and oxygen atoms in total. The van der Waals surface area contributed by atoms with Crippen molar-refractivity contribution in [3.8, 4) is 17.0 Å². The van der Waals surface area contributed by atoms with E-state index in [1.165, 1.54) is 0 Å². The third-order valence-electron chi connectivity index (χ3n) is 2.86. The lowest BCUT2D eigenvalue weighted by Gasteiger charge is -2.06. The molecule has 0 spiro atoms. The molecule has 3 rings (SSSR count). The molecule has 3 aromatic rings. The van der Waals surface area contributed by atoms with Crippen molar-refractivity contribution in [2.75, 3.05) is 7.11 Å². The molecule has 20 heavy (non-hydrogen) atoms. The molecule has 0 amide bonds. The van der Waals surface area contributed by atoms with E-state index in [0.717, 1.165) is 11.3 Å². The summed E-state index contributed by atoms with van der Waals surface area (Å²) in [7, 11) is 1.56. The lowest BCUT2D eigenvalue weighted by Crippen LogP contribution is -1.87. The van der Waals surface area contributed by atoms with Crippen LogP contribution in [0.4, 0.5) is 5.69 Å². The second-order valence-corrected chi connectivity index (χ2v) is 4.03. The van der Waals surface area contributed by atoms with E-state index in [1.807, 2.05) is 28.9 Å². The summed E-state index contributed by atoms with van der Waals surface area (Å²) in [5.74, 6) is 1.21. The van der Waals surface area contributed by atoms with Crippen LogP contribution in [0.5, 0.6) is 5.75 Å². The van der Waals surface area contributed by atoms with Crippen LogP contribution in [0.25, 0.3) is 27.5 Å². The monoisotopic (exact) mass is 266 g/mol. The molecule has 0 unspecified atom stereocenters. The fourth-order valence-electron chi connectivity index (χ4n) is 1.97. The Hall–Kier alpha value is -3.05. The van der Waals surface area contributed by atoms with E-state index in [9.17, 15) is 0 Å². The summed E-state index contributed by atoms with van der Waals surface area (Å²) in [5, 5.41) is 3.56. The van der Waals surface area contributed by atoms with Crippen molar-refractivity contribution in [1.82, 2.24) is 14.4 Å². The lowest BCUT2D eigenvalue weighted by atomic mass is 10.1. The van der Waals surface area contributed by atoms with Crippen molar-refractivity contribution in [3.05, 3.63) is 53.3 Å². The molecule has 7 heteroatoms. The van der Waals surface area contributed by atoms with Crippen LogP contribution in [0.15, 0.2) is 48.0 Å². The molecule has 2 heterocycles. The third kappa shape index (κ3) is 2.02. The number of aromatic nitrogens is 3. The first kappa shape index (κ1) is 12.0. The summed E-state index contributed by atoms with van der Waals surface area (Å²) in [4.78, 5) is 11.4. The van der Waals surface area contributed by atoms with E-state index in [2.05, 4.69) is 20.0 Å². The lowest BCUT2D eigenvalue weighted by molar-refractivity contribution is 0.416. The van der Waals surface area contributed by atoms with Gasteiger partial charge < -0.3 is 4.74 Å². The first-order valence-electron chi connectivity index (χ1n) is 5.85. The van der Waals surface area contributed by atoms with Crippen LogP contribution in [-0.4, -0.2) is 21.5 Å². The molecule has 0 fully saturated rings. The van der Waals surface area contributed by atoms with Crippen molar-refractivity contribution in [2.45, 2.75) is 0 Å². The number of hydrogen-bond acceptors (Lipinski definition) is 4. The van der Waals surface area contributed by atoms with Gasteiger partial charge in [0.05, 0.1) is 12.8 Å². The number of hydrogen-bond donors (Lipinski definition) is 0. The molecule has 1 aromatic carbocycles. The van der Waals surface area contributed by atoms with Crippen molar-refractivity contribution in [3.63, 3.8) is 0 Å². The minimum atomic E-state index is 0.495. The van der Waals surface area contributed by atoms with Gasteiger partial charge in [-0.15, -0.1) is 0 Å². The van der Waals surface area contributed by atoms with Crippen molar-refractivity contribution < 1.29 is 4.74 Å². The molecule has 0 saturated carbocycles. The van der Waals surface area contributed by atoms with Gasteiger partial charge >= 0.3 is 0 Å². The van der Waals surface area contributed by atoms with Crippen LogP contribution in [0.3, 0.4) is 0 Å². The first-order valence-corrected chi connectivity index (χ1v) is 5.85. The quantitative estimate of drug-likeness (QED) is 0.413. The average molecular weight is 266 g/mol. The minimum Gasteiger partial charge on any atom is -0.496 e. The van der Waals surface area contributed by atoms with E-state index in [-0.39, 0.29) is 0 Å². The van der Waals surface area contributed by atoms with Crippen LogP contribution < -0.4 is 4.74 Å². The number of nitrogens with zero attached hydrogens (tertiary/aromatic N) is 6. The number of ether oxygens (including phenoxy) is 1. The summed E-state index contributed by atoms with van der Waals surface area (Å²) in [6, 6.07) is 7.03. The number of imidazole rings is 1. The van der Waals surface area contributed by atoms with Gasteiger partial charge in [-0.3, -0.25) is 4.40 Å². The van der Waals surface area contributed by atoms with Crippen LogP contribution in [0.2, 0.25) is 0 Å². The van der Waals surface area contributed by atoms with Crippen LogP contribution in [0.1, 0.15) is 0 Å². The predicted molar refractivity (Wildman–Crippen MR) is 73.8 cm³/mol. The van der Waals surface area contributed by atoms with E-state index in [1.54, 1.807) is 25.4 Å². The highest BCUT2D eigenvalue weighted by molar-refractivity contribution is 5.71. The van der Waals surface area contributed by atoms with Crippen LogP contribution in [0, 0.1) is 0 Å². The molecule has 0 atom stereocenters. The molecule has 0 aliphatic carbocycles. The second-order valence-electron chi connectivity index (χ2n) is 4.03. The SMILES string of the molecule is COc1cc(N=[N+]=[N-])ccc1-c1cn2cccnc2n1. The number of rotatable bonds is 3. The molecule has 0 N–H and O–H groups in total. The van der Waals surface area contributed by atoms with Crippen LogP contribution in [-0.2, 0) is 0 Å². The van der Waals surface area contributed by atoms with Gasteiger partial charge in [-0.2, -0.15) is 0 Å². The normalized spacial score (nSPS) is 10.2. The van der Waals surface area contributed by atoms with Gasteiger partial charge in [0.1, 0.15) is 5.75 Å². The Kier molecular flexibility index (Phi) is 2.95. The zero-order valence-electron chi connectivity index (χ0n) is 10.6. The Morgan fingerprint density at radius 1 is 1.40 bits per heavy atom. The molecular formula is C13H10N6O. The van der Waals surface area contributed by atoms with Gasteiger partial charge in [-0.25, -0.2) is 9.97 Å². The molecule has 0 bridgehead atoms. The van der Waals surface area contributed by atoms with E-state index in [0.29, 0.717) is 17.2 Å². The molecule has 0 aliphatic rings. The highest BCUT2D eigenvalue weighted by Gasteiger charge is 2.10. The third-order valence-corrected chi connectivity index (χ3v) is 2.86. The zero-order chi connectivity index (χ0) is 13.9. The first-order chi connectivity index (χ1) is 9.81. The molecule has 98 valence electrons. The van der Waals surface area contributed by atoms with Gasteiger partial charge in [0, 0.05) is 34.8 Å². The summed E-state index contributed by atoms with van der Waals surface area (Å²) in [6.07, 6.45) is 5.43. The zero-order valence-corrected chi connectivity index (χ0v) is 10.6. The molecule has 0 radical (unpaired) electrons. The Morgan fingerprint density at radius 2 is 2.30 bits per heavy atom. The van der Waals surface area contributed by atoms with Crippen molar-refractivity contribution in [2.24, 2.45) is 5.11 Å². The molecule has 2 aromatic heterocycles. The van der Waals surface area contributed by atoms with Gasteiger partial charge in [0.2, 0.25) is 5.78 Å². The highest BCUT2D eigenvalue weighted by Crippen LogP contribution is 2.32. The summed E-state index contributed by atoms with van der Waals surface area (Å²) < 4.78 is 7.16. The number of benzene rings is 1. The summed E-state index contributed by atoms with van der Waals surface area (Å²) in [6.45, 7) is 0. The van der Waals surface area contributed by atoms with E-state index >= 15 is 0 Å². The summed E-state index contributed by atoms with van der Waals surface area (Å²) in [5.41, 5.74) is 10.5. The van der Waals surface area contributed by atoms with Gasteiger partial charge in [0.25, 0.3) is 0 Å². The number of methoxy groups -OCH3 is 1. The standard InChI is InChI=1S/C13H10N6O/c1-20-12-7-9(17-18-14)3-4-10(12)11-8-19-6-2-5-15-13(19)16-11/h2-8H,1H3. The van der Waals surface area contributed by atoms with Crippen molar-refractivity contribution >= 4 is 11.5 Å². The number of azide groups is 1. The van der Waals surface area contributed by atoms with Crippen LogP contribution >= 0.6 is 0 Å². The maximum atomic E-state index is 8.46. The topological polar surface area (TPSA) is 88.2 Å². The van der Waals surface area contributed by atoms with E-state index in [4.69, 9.17) is 10.3 Å². The van der Waals surface area contributed by atoms with Gasteiger partial charge in [-0.05, 0) is 23.7 Å². The molecule has 0 aliphatic heterocycles. The van der Waals surface area contributed by atoms with Crippen molar-refractivity contribution in [1.29, 1.82) is 0 Å². The molecular weight excluding hydrogens is 256 g/mol. The Labute approximate surface area is 114 Å². The van der Waals surface area contributed by atoms with Gasteiger partial charge in [0.15, 0.2) is 0 Å². The highest BCUT2D eigenvalue weighted by atomic mass is 16.5. The largest absolute Gasteiger partial charge is 0.496 e. The molecule has 0 saturated heterocycles. The maximum absolute atomic E-state index is 8.46. The predicted octanol–water partition coefficient (Wildman–Crippen LogP) is 3.35. The maximum Gasteiger partial charge on any atom is 0.234 e. The van der Waals surface area contributed by atoms with E-state index < -0.39 is 0 Å². The Morgan fingerprint density at radius 3 is 3.05 bits per heavy atom. The Bertz CT molecular complexity index is 786. The van der Waals surface area contributed by atoms with Gasteiger partial charge in [-0.1, -0.05) is 11.2 Å². The number of fused-ring (bicyclic) bond motifs is 1. The fraction of sp³-hybridized carbons (Fsp3) is 0.0769. The minimum absolute atomic E-state index is 0.495. The smallest absolute Gasteiger partial charge is 0.234 e. The Balaban J connectivity index is 2.15. The second kappa shape index (κ2) is 4.91. The fourth-order valence-corrected chi connectivity index (χ4v) is 1.97. The average Bonchev–Trinajstić information content (AvgIpc) is 2.91. The summed E-state index contributed by atoms with van der Waals surface area (Å²) >= 11 is 0.